The van der Waals surface area contributed by atoms with E-state index in [4.69, 9.17) is 9.47 Å². The van der Waals surface area contributed by atoms with Gasteiger partial charge in [-0.1, -0.05) is 25.1 Å². The molecule has 0 spiro atoms. The summed E-state index contributed by atoms with van der Waals surface area (Å²) in [5.74, 6) is 0.535. The van der Waals surface area contributed by atoms with Crippen molar-refractivity contribution in [3.63, 3.8) is 0 Å². The van der Waals surface area contributed by atoms with Crippen LogP contribution in [0.3, 0.4) is 0 Å². The van der Waals surface area contributed by atoms with Crippen LogP contribution in [0.4, 0.5) is 0 Å². The third-order valence-electron chi connectivity index (χ3n) is 2.74. The lowest BCUT2D eigenvalue weighted by Gasteiger charge is -2.18. The number of nitrogens with one attached hydrogen (secondary N) is 1. The molecule has 1 rings (SSSR count). The quantitative estimate of drug-likeness (QED) is 0.784. The van der Waals surface area contributed by atoms with E-state index >= 15 is 0 Å². The average Bonchev–Trinajstić information content (AvgIpc) is 2.36. The Hall–Kier alpha value is -1.55. The van der Waals surface area contributed by atoms with Crippen molar-refractivity contribution >= 4 is 5.97 Å². The molecule has 1 unspecified atom stereocenters. The number of hydrogen-bond donors (Lipinski definition) is 1. The summed E-state index contributed by atoms with van der Waals surface area (Å²) < 4.78 is 10.5. The third-order valence-corrected chi connectivity index (χ3v) is 2.74. The Bertz CT molecular complexity index is 384. The molecule has 4 heteroatoms. The number of rotatable bonds is 6. The summed E-state index contributed by atoms with van der Waals surface area (Å²) in [6, 6.07) is 5.53. The molecule has 0 bridgehead atoms. The highest BCUT2D eigenvalue weighted by molar-refractivity contribution is 5.75. The van der Waals surface area contributed by atoms with Gasteiger partial charge < -0.3 is 14.8 Å². The number of benzene rings is 1. The van der Waals surface area contributed by atoms with Crippen LogP contribution < -0.4 is 10.1 Å². The van der Waals surface area contributed by atoms with Gasteiger partial charge in [0.1, 0.15) is 18.4 Å². The fraction of sp³-hybridized carbons (Fsp3) is 0.500. The summed E-state index contributed by atoms with van der Waals surface area (Å²) in [7, 11) is 1.38. The Morgan fingerprint density at radius 1 is 1.33 bits per heavy atom. The van der Waals surface area contributed by atoms with Crippen molar-refractivity contribution in [1.82, 2.24) is 5.32 Å². The van der Waals surface area contributed by atoms with Crippen LogP contribution in [0, 0.1) is 13.8 Å². The molecule has 0 aromatic heterocycles. The van der Waals surface area contributed by atoms with E-state index in [0.29, 0.717) is 6.54 Å². The fourth-order valence-corrected chi connectivity index (χ4v) is 1.79. The molecule has 0 radical (unpaired) electrons. The molecule has 4 nitrogen and oxygen atoms in total. The lowest BCUT2D eigenvalue weighted by atomic mass is 10.1. The predicted octanol–water partition coefficient (Wildman–Crippen LogP) is 1.83. The van der Waals surface area contributed by atoms with Crippen LogP contribution >= 0.6 is 0 Å². The molecule has 0 heterocycles. The number of ether oxygens (including phenoxy) is 2. The van der Waals surface area contributed by atoms with Gasteiger partial charge in [-0.15, -0.1) is 0 Å². The zero-order chi connectivity index (χ0) is 13.5. The van der Waals surface area contributed by atoms with E-state index in [0.717, 1.165) is 16.9 Å². The molecule has 1 N–H and O–H groups in total. The molecule has 0 aliphatic rings. The second-order valence-electron chi connectivity index (χ2n) is 4.17. The zero-order valence-electron chi connectivity index (χ0n) is 11.4. The largest absolute Gasteiger partial charge is 0.491 e. The highest BCUT2D eigenvalue weighted by atomic mass is 16.5. The first-order valence-electron chi connectivity index (χ1n) is 6.10. The average molecular weight is 251 g/mol. The fourth-order valence-electron chi connectivity index (χ4n) is 1.79. The molecular formula is C14H21NO3. The number of likely N-dealkylation sites (N-methyl/N-ethyl adjacent to an activating group) is 1. The maximum atomic E-state index is 11.5. The van der Waals surface area contributed by atoms with E-state index < -0.39 is 6.04 Å². The summed E-state index contributed by atoms with van der Waals surface area (Å²) in [5, 5.41) is 3.04. The summed E-state index contributed by atoms with van der Waals surface area (Å²) in [6.07, 6.45) is 0. The number of carbonyl (C=O) groups excluding carboxylic acids is 1. The van der Waals surface area contributed by atoms with Gasteiger partial charge in [0.05, 0.1) is 7.11 Å². The molecular weight excluding hydrogens is 230 g/mol. The van der Waals surface area contributed by atoms with Gasteiger partial charge in [-0.25, -0.2) is 0 Å². The molecule has 0 aliphatic carbocycles. The van der Waals surface area contributed by atoms with Crippen molar-refractivity contribution in [2.45, 2.75) is 26.8 Å². The molecule has 0 saturated carbocycles. The van der Waals surface area contributed by atoms with Crippen LogP contribution in [0.15, 0.2) is 18.2 Å². The van der Waals surface area contributed by atoms with Crippen molar-refractivity contribution in [3.8, 4) is 5.75 Å². The molecule has 18 heavy (non-hydrogen) atoms. The molecule has 0 fully saturated rings. The van der Waals surface area contributed by atoms with Crippen LogP contribution in [-0.2, 0) is 9.53 Å². The predicted molar refractivity (Wildman–Crippen MR) is 70.9 cm³/mol. The first-order valence-corrected chi connectivity index (χ1v) is 6.10. The molecule has 0 saturated heterocycles. The van der Waals surface area contributed by atoms with Gasteiger partial charge in [0.25, 0.3) is 0 Å². The maximum Gasteiger partial charge on any atom is 0.326 e. The van der Waals surface area contributed by atoms with E-state index in [-0.39, 0.29) is 12.6 Å². The van der Waals surface area contributed by atoms with Crippen LogP contribution in [-0.4, -0.2) is 32.3 Å². The smallest absolute Gasteiger partial charge is 0.326 e. The highest BCUT2D eigenvalue weighted by Gasteiger charge is 2.19. The third kappa shape index (κ3) is 3.74. The molecule has 0 amide bonds. The lowest BCUT2D eigenvalue weighted by Crippen LogP contribution is -2.42. The van der Waals surface area contributed by atoms with E-state index in [9.17, 15) is 4.79 Å². The van der Waals surface area contributed by atoms with Crippen LogP contribution in [0.25, 0.3) is 0 Å². The molecule has 1 aromatic carbocycles. The Labute approximate surface area is 108 Å². The zero-order valence-corrected chi connectivity index (χ0v) is 11.4. The number of methoxy groups -OCH3 is 1. The van der Waals surface area contributed by atoms with Gasteiger partial charge in [0, 0.05) is 0 Å². The van der Waals surface area contributed by atoms with Gasteiger partial charge in [-0.2, -0.15) is 0 Å². The number of hydrogen-bond acceptors (Lipinski definition) is 4. The minimum Gasteiger partial charge on any atom is -0.491 e. The summed E-state index contributed by atoms with van der Waals surface area (Å²) >= 11 is 0. The minimum absolute atomic E-state index is 0.270. The summed E-state index contributed by atoms with van der Waals surface area (Å²) in [5.41, 5.74) is 2.13. The van der Waals surface area contributed by atoms with Crippen molar-refractivity contribution < 1.29 is 14.3 Å². The van der Waals surface area contributed by atoms with Crippen molar-refractivity contribution in [1.29, 1.82) is 0 Å². The van der Waals surface area contributed by atoms with Gasteiger partial charge in [0.15, 0.2) is 0 Å². The first-order chi connectivity index (χ1) is 8.60. The summed E-state index contributed by atoms with van der Waals surface area (Å²) in [4.78, 5) is 11.5. The Balaban J connectivity index is 2.69. The second kappa shape index (κ2) is 7.01. The Morgan fingerprint density at radius 2 is 1.94 bits per heavy atom. The van der Waals surface area contributed by atoms with E-state index in [1.807, 2.05) is 39.0 Å². The van der Waals surface area contributed by atoms with Crippen LogP contribution in [0.1, 0.15) is 18.1 Å². The maximum absolute atomic E-state index is 11.5. The number of esters is 1. The monoisotopic (exact) mass is 251 g/mol. The van der Waals surface area contributed by atoms with Gasteiger partial charge in [-0.3, -0.25) is 4.79 Å². The number of para-hydroxylation sites is 1. The normalized spacial score (nSPS) is 12.0. The van der Waals surface area contributed by atoms with Crippen molar-refractivity contribution in [2.24, 2.45) is 0 Å². The summed E-state index contributed by atoms with van der Waals surface area (Å²) in [6.45, 7) is 6.88. The Kier molecular flexibility index (Phi) is 5.65. The number of carbonyl (C=O) groups is 1. The van der Waals surface area contributed by atoms with Gasteiger partial charge in [-0.05, 0) is 31.5 Å². The van der Waals surface area contributed by atoms with Crippen LogP contribution in [0.2, 0.25) is 0 Å². The van der Waals surface area contributed by atoms with E-state index in [1.165, 1.54) is 7.11 Å². The van der Waals surface area contributed by atoms with Gasteiger partial charge in [0.2, 0.25) is 0 Å². The topological polar surface area (TPSA) is 47.6 Å². The molecule has 1 atom stereocenters. The second-order valence-corrected chi connectivity index (χ2v) is 4.17. The van der Waals surface area contributed by atoms with Crippen LogP contribution in [0.5, 0.6) is 5.75 Å². The highest BCUT2D eigenvalue weighted by Crippen LogP contribution is 2.22. The first kappa shape index (κ1) is 14.5. The van der Waals surface area contributed by atoms with E-state index in [1.54, 1.807) is 0 Å². The molecule has 0 aliphatic heterocycles. The molecule has 1 aromatic rings. The molecule has 100 valence electrons. The van der Waals surface area contributed by atoms with E-state index in [2.05, 4.69) is 5.32 Å². The minimum atomic E-state index is -0.431. The van der Waals surface area contributed by atoms with Crippen molar-refractivity contribution in [3.05, 3.63) is 29.3 Å². The standard InChI is InChI=1S/C14H21NO3/c1-5-15-12(14(16)17-4)9-18-13-10(2)7-6-8-11(13)3/h6-8,12,15H,5,9H2,1-4H3. The number of aryl methyl sites for hydroxylation is 2. The Morgan fingerprint density at radius 3 is 2.44 bits per heavy atom. The van der Waals surface area contributed by atoms with Crippen molar-refractivity contribution in [2.75, 3.05) is 20.3 Å². The SMILES string of the molecule is CCNC(COc1c(C)cccc1C)C(=O)OC. The van der Waals surface area contributed by atoms with Gasteiger partial charge >= 0.3 is 5.97 Å². The lowest BCUT2D eigenvalue weighted by molar-refractivity contribution is -0.143.